The van der Waals surface area contributed by atoms with Crippen LogP contribution >= 0.6 is 0 Å². The maximum atomic E-state index is 12.3. The first-order valence-corrected chi connectivity index (χ1v) is 8.54. The van der Waals surface area contributed by atoms with Gasteiger partial charge in [-0.25, -0.2) is 0 Å². The molecule has 6 nitrogen and oxygen atoms in total. The molecule has 1 aliphatic heterocycles. The summed E-state index contributed by atoms with van der Waals surface area (Å²) in [6.45, 7) is 4.46. The number of nitrogens with one attached hydrogen (secondary N) is 1. The molecule has 1 aromatic carbocycles. The number of anilines is 1. The van der Waals surface area contributed by atoms with Crippen molar-refractivity contribution in [1.29, 1.82) is 0 Å². The molecule has 1 amide bonds. The number of carbonyl (C=O) groups is 2. The number of hydrogen-bond donors (Lipinski definition) is 1. The van der Waals surface area contributed by atoms with Crippen molar-refractivity contribution in [2.75, 3.05) is 31.1 Å². The summed E-state index contributed by atoms with van der Waals surface area (Å²) in [5.74, 6) is -0.336. The summed E-state index contributed by atoms with van der Waals surface area (Å²) in [4.78, 5) is 42.0. The van der Waals surface area contributed by atoms with Crippen LogP contribution in [0.4, 0.5) is 5.69 Å². The molecule has 2 heterocycles. The van der Waals surface area contributed by atoms with Crippen molar-refractivity contribution in [1.82, 2.24) is 9.88 Å². The van der Waals surface area contributed by atoms with E-state index in [-0.39, 0.29) is 17.2 Å². The van der Waals surface area contributed by atoms with Crippen LogP contribution in [0.2, 0.25) is 0 Å². The Kier molecular flexibility index (Phi) is 5.31. The van der Waals surface area contributed by atoms with Gasteiger partial charge in [0.1, 0.15) is 0 Å². The Bertz CT molecular complexity index is 855. The zero-order valence-electron chi connectivity index (χ0n) is 14.6. The molecule has 0 unspecified atom stereocenters. The van der Waals surface area contributed by atoms with E-state index in [2.05, 4.69) is 9.88 Å². The molecular weight excluding hydrogens is 330 g/mol. The van der Waals surface area contributed by atoms with Crippen molar-refractivity contribution in [3.05, 3.63) is 76.2 Å². The molecule has 3 rings (SSSR count). The van der Waals surface area contributed by atoms with Gasteiger partial charge in [-0.2, -0.15) is 0 Å². The van der Waals surface area contributed by atoms with Crippen LogP contribution in [0, 0.1) is 6.92 Å². The van der Waals surface area contributed by atoms with Crippen LogP contribution in [-0.2, 0) is 4.79 Å². The number of rotatable bonds is 4. The number of pyridine rings is 1. The van der Waals surface area contributed by atoms with E-state index in [9.17, 15) is 14.4 Å². The van der Waals surface area contributed by atoms with Crippen LogP contribution in [-0.4, -0.2) is 47.8 Å². The number of benzene rings is 1. The third-order valence-electron chi connectivity index (χ3n) is 4.44. The van der Waals surface area contributed by atoms with Gasteiger partial charge in [-0.15, -0.1) is 0 Å². The van der Waals surface area contributed by atoms with E-state index in [1.807, 2.05) is 19.1 Å². The minimum Gasteiger partial charge on any atom is -0.367 e. The molecule has 0 radical (unpaired) electrons. The van der Waals surface area contributed by atoms with Gasteiger partial charge in [0.2, 0.25) is 11.5 Å². The molecule has 134 valence electrons. The van der Waals surface area contributed by atoms with E-state index >= 15 is 0 Å². The third-order valence-corrected chi connectivity index (χ3v) is 4.44. The van der Waals surface area contributed by atoms with Crippen molar-refractivity contribution < 1.29 is 9.59 Å². The van der Waals surface area contributed by atoms with Gasteiger partial charge < -0.3 is 14.8 Å². The summed E-state index contributed by atoms with van der Waals surface area (Å²) in [7, 11) is 0. The number of hydrogen-bond acceptors (Lipinski definition) is 4. The van der Waals surface area contributed by atoms with Crippen molar-refractivity contribution in [2.45, 2.75) is 6.92 Å². The van der Waals surface area contributed by atoms with Gasteiger partial charge >= 0.3 is 0 Å². The highest BCUT2D eigenvalue weighted by atomic mass is 16.2. The van der Waals surface area contributed by atoms with Crippen molar-refractivity contribution in [2.24, 2.45) is 0 Å². The number of aromatic amines is 1. The molecule has 1 aliphatic rings. The fourth-order valence-corrected chi connectivity index (χ4v) is 2.85. The summed E-state index contributed by atoms with van der Waals surface area (Å²) < 4.78 is 0. The number of aryl methyl sites for hydroxylation is 1. The van der Waals surface area contributed by atoms with Gasteiger partial charge in [-0.1, -0.05) is 29.8 Å². The number of ketones is 1. The van der Waals surface area contributed by atoms with Crippen molar-refractivity contribution in [3.63, 3.8) is 0 Å². The number of amides is 1. The summed E-state index contributed by atoms with van der Waals surface area (Å²) in [6, 6.07) is 10.5. The Balaban J connectivity index is 1.54. The molecule has 1 N–H and O–H groups in total. The number of nitrogens with zero attached hydrogens (tertiary/aromatic N) is 2. The van der Waals surface area contributed by atoms with E-state index in [4.69, 9.17) is 0 Å². The first-order chi connectivity index (χ1) is 12.5. The molecule has 0 bridgehead atoms. The number of aromatic nitrogens is 1. The fourth-order valence-electron chi connectivity index (χ4n) is 2.85. The first kappa shape index (κ1) is 17.7. The molecule has 26 heavy (non-hydrogen) atoms. The zero-order valence-corrected chi connectivity index (χ0v) is 14.6. The van der Waals surface area contributed by atoms with Crippen LogP contribution in [0.5, 0.6) is 0 Å². The van der Waals surface area contributed by atoms with E-state index in [0.29, 0.717) is 31.7 Å². The lowest BCUT2D eigenvalue weighted by atomic mass is 10.1. The Morgan fingerprint density at radius 3 is 2.27 bits per heavy atom. The second-order valence-corrected chi connectivity index (χ2v) is 6.29. The van der Waals surface area contributed by atoms with Gasteiger partial charge in [0.05, 0.1) is 5.69 Å². The summed E-state index contributed by atoms with van der Waals surface area (Å²) >= 11 is 0. The van der Waals surface area contributed by atoms with Crippen molar-refractivity contribution in [3.8, 4) is 0 Å². The van der Waals surface area contributed by atoms with Crippen LogP contribution < -0.4 is 10.5 Å². The van der Waals surface area contributed by atoms with Crippen LogP contribution in [0.15, 0.2) is 59.5 Å². The second-order valence-electron chi connectivity index (χ2n) is 6.29. The fraction of sp³-hybridized carbons (Fsp3) is 0.250. The standard InChI is InChI=1S/C20H21N3O3/c1-15-2-4-16(5-3-15)18(24)7-9-20(26)23-12-10-22(11-13-23)17-6-8-19(25)21-14-17/h2-9,14H,10-13H2,1H3,(H,21,25)/b9-7+. The Morgan fingerprint density at radius 2 is 1.65 bits per heavy atom. The monoisotopic (exact) mass is 351 g/mol. The molecule has 1 saturated heterocycles. The van der Waals surface area contributed by atoms with Crippen LogP contribution in [0.1, 0.15) is 15.9 Å². The van der Waals surface area contributed by atoms with E-state index in [1.54, 1.807) is 29.3 Å². The summed E-state index contributed by atoms with van der Waals surface area (Å²) in [6.07, 6.45) is 4.36. The number of carbonyl (C=O) groups excluding carboxylic acids is 2. The minimum absolute atomic E-state index is 0.133. The van der Waals surface area contributed by atoms with E-state index in [1.165, 1.54) is 18.2 Å². The molecule has 1 aromatic heterocycles. The average Bonchev–Trinajstić information content (AvgIpc) is 2.67. The normalized spacial score (nSPS) is 14.7. The summed E-state index contributed by atoms with van der Waals surface area (Å²) in [5.41, 5.74) is 2.46. The van der Waals surface area contributed by atoms with Gasteiger partial charge in [-0.3, -0.25) is 14.4 Å². The topological polar surface area (TPSA) is 73.5 Å². The van der Waals surface area contributed by atoms with Gasteiger partial charge in [0, 0.05) is 50.1 Å². The largest absolute Gasteiger partial charge is 0.367 e. The van der Waals surface area contributed by atoms with Gasteiger partial charge in [0.25, 0.3) is 0 Å². The van der Waals surface area contributed by atoms with Crippen LogP contribution in [0.25, 0.3) is 0 Å². The van der Waals surface area contributed by atoms with Crippen molar-refractivity contribution >= 4 is 17.4 Å². The molecule has 0 spiro atoms. The highest BCUT2D eigenvalue weighted by Gasteiger charge is 2.20. The average molecular weight is 351 g/mol. The minimum atomic E-state index is -0.176. The molecule has 0 aliphatic carbocycles. The lowest BCUT2D eigenvalue weighted by Gasteiger charge is -2.35. The predicted molar refractivity (Wildman–Crippen MR) is 101 cm³/mol. The molecule has 0 atom stereocenters. The summed E-state index contributed by atoms with van der Waals surface area (Å²) in [5, 5.41) is 0. The van der Waals surface area contributed by atoms with E-state index in [0.717, 1.165) is 11.3 Å². The quantitative estimate of drug-likeness (QED) is 0.673. The Hall–Kier alpha value is -3.15. The lowest BCUT2D eigenvalue weighted by Crippen LogP contribution is -2.48. The highest BCUT2D eigenvalue weighted by Crippen LogP contribution is 2.14. The molecule has 6 heteroatoms. The second kappa shape index (κ2) is 7.82. The maximum Gasteiger partial charge on any atom is 0.248 e. The van der Waals surface area contributed by atoms with Gasteiger partial charge in [0.15, 0.2) is 5.78 Å². The lowest BCUT2D eigenvalue weighted by molar-refractivity contribution is -0.126. The van der Waals surface area contributed by atoms with Crippen LogP contribution in [0.3, 0.4) is 0 Å². The third kappa shape index (κ3) is 4.27. The van der Waals surface area contributed by atoms with Gasteiger partial charge in [-0.05, 0) is 19.1 Å². The number of H-pyrrole nitrogens is 1. The zero-order chi connectivity index (χ0) is 18.5. The molecule has 1 fully saturated rings. The molecular formula is C20H21N3O3. The smallest absolute Gasteiger partial charge is 0.248 e. The SMILES string of the molecule is Cc1ccc(C(=O)/C=C/C(=O)N2CCN(c3ccc(=O)[nH]c3)CC2)cc1. The molecule has 2 aromatic rings. The Labute approximate surface area is 151 Å². The number of piperazine rings is 1. The number of allylic oxidation sites excluding steroid dienone is 1. The molecule has 0 saturated carbocycles. The maximum absolute atomic E-state index is 12.3. The predicted octanol–water partition coefficient (Wildman–Crippen LogP) is 1.77. The first-order valence-electron chi connectivity index (χ1n) is 8.54. The highest BCUT2D eigenvalue weighted by molar-refractivity contribution is 6.07. The Morgan fingerprint density at radius 1 is 0.962 bits per heavy atom. The van der Waals surface area contributed by atoms with E-state index < -0.39 is 0 Å².